The highest BCUT2D eigenvalue weighted by Gasteiger charge is 2.16. The summed E-state index contributed by atoms with van der Waals surface area (Å²) in [4.78, 5) is 0. The van der Waals surface area contributed by atoms with Crippen LogP contribution in [0.3, 0.4) is 0 Å². The summed E-state index contributed by atoms with van der Waals surface area (Å²) in [6.07, 6.45) is 4.39. The van der Waals surface area contributed by atoms with Crippen LogP contribution in [0.25, 0.3) is 0 Å². The Kier molecular flexibility index (Phi) is 3.92. The second-order valence-corrected chi connectivity index (χ2v) is 5.71. The zero-order valence-corrected chi connectivity index (χ0v) is 12.7. The average molecular weight is 275 g/mol. The predicted molar refractivity (Wildman–Crippen MR) is 88.6 cm³/mol. The highest BCUT2D eigenvalue weighted by Crippen LogP contribution is 2.29. The number of hydrogen-bond acceptors (Lipinski definition) is 0. The van der Waals surface area contributed by atoms with E-state index < -0.39 is 0 Å². The summed E-state index contributed by atoms with van der Waals surface area (Å²) in [5.74, 6) is 0.388. The van der Waals surface area contributed by atoms with Crippen LogP contribution in [0.4, 0.5) is 0 Å². The van der Waals surface area contributed by atoms with Gasteiger partial charge in [-0.15, -0.1) is 0 Å². The van der Waals surface area contributed by atoms with Crippen molar-refractivity contribution in [1.29, 1.82) is 0 Å². The van der Waals surface area contributed by atoms with Gasteiger partial charge < -0.3 is 4.57 Å². The molecule has 1 heteroatoms. The van der Waals surface area contributed by atoms with Gasteiger partial charge in [-0.3, -0.25) is 0 Å². The number of hydrogen-bond donors (Lipinski definition) is 0. The van der Waals surface area contributed by atoms with E-state index in [0.717, 1.165) is 6.54 Å². The summed E-state index contributed by atoms with van der Waals surface area (Å²) in [5.41, 5.74) is 5.45. The molecule has 0 aliphatic carbocycles. The third-order valence-corrected chi connectivity index (χ3v) is 4.06. The molecule has 3 aromatic rings. The van der Waals surface area contributed by atoms with Crippen LogP contribution in [0, 0.1) is 13.8 Å². The van der Waals surface area contributed by atoms with Crippen LogP contribution in [-0.2, 0) is 6.54 Å². The molecular formula is C20H21N. The third kappa shape index (κ3) is 3.08. The van der Waals surface area contributed by atoms with Crippen molar-refractivity contribution < 1.29 is 0 Å². The van der Waals surface area contributed by atoms with E-state index in [1.54, 1.807) is 0 Å². The lowest BCUT2D eigenvalue weighted by molar-refractivity contribution is 0.624. The van der Waals surface area contributed by atoms with Crippen molar-refractivity contribution in [3.05, 3.63) is 95.3 Å². The third-order valence-electron chi connectivity index (χ3n) is 4.06. The molecule has 0 amide bonds. The van der Waals surface area contributed by atoms with Crippen molar-refractivity contribution in [2.75, 3.05) is 0 Å². The average Bonchev–Trinajstić information content (AvgIpc) is 2.92. The van der Waals surface area contributed by atoms with Gasteiger partial charge in [0.1, 0.15) is 0 Å². The molecule has 21 heavy (non-hydrogen) atoms. The largest absolute Gasteiger partial charge is 0.353 e. The fraction of sp³-hybridized carbons (Fsp3) is 0.200. The van der Waals surface area contributed by atoms with Crippen molar-refractivity contribution in [3.63, 3.8) is 0 Å². The Labute approximate surface area is 126 Å². The summed E-state index contributed by atoms with van der Waals surface area (Å²) in [6.45, 7) is 5.32. The Bertz CT molecular complexity index is 709. The first kappa shape index (κ1) is 13.7. The SMILES string of the molecule is Cc1ccn(CC(c2ccccc2)c2ccccc2C)c1. The fourth-order valence-corrected chi connectivity index (χ4v) is 2.93. The maximum absolute atomic E-state index is 2.29. The molecule has 2 aromatic carbocycles. The topological polar surface area (TPSA) is 4.93 Å². The lowest BCUT2D eigenvalue weighted by Gasteiger charge is -2.21. The molecule has 0 bridgehead atoms. The van der Waals surface area contributed by atoms with E-state index >= 15 is 0 Å². The summed E-state index contributed by atoms with van der Waals surface area (Å²) >= 11 is 0. The first-order valence-corrected chi connectivity index (χ1v) is 7.47. The number of benzene rings is 2. The molecule has 1 heterocycles. The van der Waals surface area contributed by atoms with E-state index in [1.165, 1.54) is 22.3 Å². The number of nitrogens with zero attached hydrogens (tertiary/aromatic N) is 1. The molecule has 0 aliphatic rings. The number of aryl methyl sites for hydroxylation is 2. The molecule has 1 nitrogen and oxygen atoms in total. The molecule has 0 saturated heterocycles. The molecule has 0 spiro atoms. The smallest absolute Gasteiger partial charge is 0.0329 e. The first-order chi connectivity index (χ1) is 10.2. The van der Waals surface area contributed by atoms with E-state index in [0.29, 0.717) is 5.92 Å². The van der Waals surface area contributed by atoms with Gasteiger partial charge in [0.25, 0.3) is 0 Å². The van der Waals surface area contributed by atoms with Gasteiger partial charge in [-0.05, 0) is 42.2 Å². The number of rotatable bonds is 4. The predicted octanol–water partition coefficient (Wildman–Crippen LogP) is 4.94. The first-order valence-electron chi connectivity index (χ1n) is 7.47. The van der Waals surface area contributed by atoms with Crippen molar-refractivity contribution in [2.24, 2.45) is 0 Å². The van der Waals surface area contributed by atoms with Crippen LogP contribution in [0.15, 0.2) is 73.1 Å². The monoisotopic (exact) mass is 275 g/mol. The fourth-order valence-electron chi connectivity index (χ4n) is 2.93. The van der Waals surface area contributed by atoms with Crippen LogP contribution in [0.5, 0.6) is 0 Å². The quantitative estimate of drug-likeness (QED) is 0.635. The molecule has 0 radical (unpaired) electrons. The lowest BCUT2D eigenvalue weighted by atomic mass is 9.88. The molecule has 106 valence electrons. The van der Waals surface area contributed by atoms with Crippen molar-refractivity contribution in [2.45, 2.75) is 26.3 Å². The Balaban J connectivity index is 2.01. The lowest BCUT2D eigenvalue weighted by Crippen LogP contribution is -2.10. The van der Waals surface area contributed by atoms with Crippen LogP contribution >= 0.6 is 0 Å². The van der Waals surface area contributed by atoms with Crippen molar-refractivity contribution in [1.82, 2.24) is 4.57 Å². The molecule has 0 N–H and O–H groups in total. The van der Waals surface area contributed by atoms with E-state index in [9.17, 15) is 0 Å². The summed E-state index contributed by atoms with van der Waals surface area (Å²) in [7, 11) is 0. The van der Waals surface area contributed by atoms with Crippen molar-refractivity contribution >= 4 is 0 Å². The summed E-state index contributed by atoms with van der Waals surface area (Å²) < 4.78 is 2.29. The zero-order chi connectivity index (χ0) is 14.7. The maximum atomic E-state index is 2.29. The zero-order valence-electron chi connectivity index (χ0n) is 12.7. The Morgan fingerprint density at radius 3 is 2.24 bits per heavy atom. The van der Waals surface area contributed by atoms with Crippen LogP contribution in [0.2, 0.25) is 0 Å². The van der Waals surface area contributed by atoms with Gasteiger partial charge in [0.15, 0.2) is 0 Å². The molecule has 0 aliphatic heterocycles. The number of aromatic nitrogens is 1. The van der Waals surface area contributed by atoms with Gasteiger partial charge >= 0.3 is 0 Å². The van der Waals surface area contributed by atoms with Crippen LogP contribution < -0.4 is 0 Å². The Morgan fingerprint density at radius 1 is 0.857 bits per heavy atom. The van der Waals surface area contributed by atoms with E-state index in [-0.39, 0.29) is 0 Å². The summed E-state index contributed by atoms with van der Waals surface area (Å²) in [6, 6.07) is 21.7. The second kappa shape index (κ2) is 6.01. The molecule has 3 rings (SSSR count). The molecule has 1 aromatic heterocycles. The maximum Gasteiger partial charge on any atom is 0.0329 e. The Morgan fingerprint density at radius 2 is 1.57 bits per heavy atom. The molecule has 1 unspecified atom stereocenters. The minimum atomic E-state index is 0.388. The molecule has 0 saturated carbocycles. The van der Waals surface area contributed by atoms with Gasteiger partial charge in [0.05, 0.1) is 0 Å². The normalized spacial score (nSPS) is 12.3. The second-order valence-electron chi connectivity index (χ2n) is 5.71. The van der Waals surface area contributed by atoms with Crippen molar-refractivity contribution in [3.8, 4) is 0 Å². The summed E-state index contributed by atoms with van der Waals surface area (Å²) in [5, 5.41) is 0. The van der Waals surface area contributed by atoms with Gasteiger partial charge in [-0.1, -0.05) is 54.6 Å². The van der Waals surface area contributed by atoms with Gasteiger partial charge in [0.2, 0.25) is 0 Å². The highest BCUT2D eigenvalue weighted by atomic mass is 14.9. The minimum Gasteiger partial charge on any atom is -0.353 e. The van der Waals surface area contributed by atoms with E-state index in [1.807, 2.05) is 0 Å². The van der Waals surface area contributed by atoms with Gasteiger partial charge in [-0.2, -0.15) is 0 Å². The van der Waals surface area contributed by atoms with Gasteiger partial charge in [-0.25, -0.2) is 0 Å². The molecular weight excluding hydrogens is 254 g/mol. The Hall–Kier alpha value is -2.28. The van der Waals surface area contributed by atoms with Gasteiger partial charge in [0, 0.05) is 24.9 Å². The standard InChI is InChI=1S/C20H21N/c1-16-12-13-21(14-16)15-20(18-9-4-3-5-10-18)19-11-7-6-8-17(19)2/h3-14,20H,15H2,1-2H3. The van der Waals surface area contributed by atoms with Crippen LogP contribution in [-0.4, -0.2) is 4.57 Å². The molecule has 0 fully saturated rings. The van der Waals surface area contributed by atoms with Crippen LogP contribution in [0.1, 0.15) is 28.2 Å². The highest BCUT2D eigenvalue weighted by molar-refractivity contribution is 5.37. The molecule has 1 atom stereocenters. The van der Waals surface area contributed by atoms with E-state index in [2.05, 4.69) is 91.5 Å². The van der Waals surface area contributed by atoms with E-state index in [4.69, 9.17) is 0 Å². The minimum absolute atomic E-state index is 0.388.